The third-order valence-electron chi connectivity index (χ3n) is 2.91. The molecule has 1 aromatic rings. The Kier molecular flexibility index (Phi) is 3.31. The summed E-state index contributed by atoms with van der Waals surface area (Å²) in [5, 5.41) is 3.54. The van der Waals surface area contributed by atoms with Crippen molar-refractivity contribution in [2.75, 3.05) is 6.61 Å². The van der Waals surface area contributed by atoms with E-state index in [0.29, 0.717) is 18.6 Å². The normalized spacial score (nSPS) is 18.5. The summed E-state index contributed by atoms with van der Waals surface area (Å²) in [6.07, 6.45) is 3.94. The van der Waals surface area contributed by atoms with Crippen molar-refractivity contribution in [2.24, 2.45) is 0 Å². The van der Waals surface area contributed by atoms with Crippen molar-refractivity contribution in [1.82, 2.24) is 5.32 Å². The summed E-state index contributed by atoms with van der Waals surface area (Å²) in [5.41, 5.74) is 0. The molecule has 3 heteroatoms. The zero-order valence-electron chi connectivity index (χ0n) is 9.45. The molecule has 1 N–H and O–H groups in total. The number of hydrogen-bond acceptors (Lipinski definition) is 3. The Hall–Kier alpha value is -0.960. The highest BCUT2D eigenvalue weighted by molar-refractivity contribution is 5.14. The van der Waals surface area contributed by atoms with Gasteiger partial charge in [0.05, 0.1) is 12.6 Å². The highest BCUT2D eigenvalue weighted by atomic mass is 16.6. The Bertz CT molecular complexity index is 304. The van der Waals surface area contributed by atoms with Gasteiger partial charge in [0.15, 0.2) is 0 Å². The second-order valence-electron chi connectivity index (χ2n) is 4.11. The van der Waals surface area contributed by atoms with Gasteiger partial charge in [0.2, 0.25) is 0 Å². The third-order valence-corrected chi connectivity index (χ3v) is 2.91. The van der Waals surface area contributed by atoms with E-state index in [1.54, 1.807) is 0 Å². The van der Waals surface area contributed by atoms with E-state index in [2.05, 4.69) is 12.2 Å². The molecule has 1 atom stereocenters. The average molecular weight is 209 g/mol. The molecule has 1 saturated carbocycles. The van der Waals surface area contributed by atoms with Crippen molar-refractivity contribution < 1.29 is 9.15 Å². The number of hydrogen-bond donors (Lipinski definition) is 1. The monoisotopic (exact) mass is 209 g/mol. The zero-order chi connectivity index (χ0) is 10.7. The Labute approximate surface area is 90.8 Å². The molecular weight excluding hydrogens is 190 g/mol. The van der Waals surface area contributed by atoms with Crippen molar-refractivity contribution in [3.63, 3.8) is 0 Å². The van der Waals surface area contributed by atoms with E-state index in [9.17, 15) is 0 Å². The predicted octanol–water partition coefficient (Wildman–Crippen LogP) is 2.88. The summed E-state index contributed by atoms with van der Waals surface area (Å²) in [4.78, 5) is 0. The molecule has 0 aliphatic heterocycles. The SMILES string of the molecule is CCOc1ccc(C(C)NC2CCC2)o1. The fourth-order valence-electron chi connectivity index (χ4n) is 1.80. The van der Waals surface area contributed by atoms with E-state index in [4.69, 9.17) is 9.15 Å². The standard InChI is InChI=1S/C12H19NO2/c1-3-14-12-8-7-11(15-12)9(2)13-10-5-4-6-10/h7-10,13H,3-6H2,1-2H3. The van der Waals surface area contributed by atoms with E-state index >= 15 is 0 Å². The molecule has 1 fully saturated rings. The van der Waals surface area contributed by atoms with Gasteiger partial charge in [-0.05, 0) is 32.8 Å². The van der Waals surface area contributed by atoms with Crippen LogP contribution in [-0.4, -0.2) is 12.6 Å². The second kappa shape index (κ2) is 4.71. The van der Waals surface area contributed by atoms with Gasteiger partial charge in [0.1, 0.15) is 5.76 Å². The summed E-state index contributed by atoms with van der Waals surface area (Å²) >= 11 is 0. The molecule has 2 rings (SSSR count). The van der Waals surface area contributed by atoms with Crippen LogP contribution in [0.2, 0.25) is 0 Å². The lowest BCUT2D eigenvalue weighted by molar-refractivity contribution is 0.235. The largest absolute Gasteiger partial charge is 0.465 e. The molecule has 0 aromatic carbocycles. The van der Waals surface area contributed by atoms with Crippen LogP contribution in [0.3, 0.4) is 0 Å². The van der Waals surface area contributed by atoms with Gasteiger partial charge >= 0.3 is 0 Å². The minimum atomic E-state index is 0.282. The van der Waals surface area contributed by atoms with Gasteiger partial charge in [-0.15, -0.1) is 0 Å². The maximum Gasteiger partial charge on any atom is 0.284 e. The first-order valence-corrected chi connectivity index (χ1v) is 5.78. The Morgan fingerprint density at radius 3 is 2.93 bits per heavy atom. The molecule has 0 radical (unpaired) electrons. The smallest absolute Gasteiger partial charge is 0.284 e. The van der Waals surface area contributed by atoms with Crippen LogP contribution in [0.1, 0.15) is 44.9 Å². The van der Waals surface area contributed by atoms with Crippen LogP contribution in [0.25, 0.3) is 0 Å². The molecule has 0 saturated heterocycles. The summed E-state index contributed by atoms with van der Waals surface area (Å²) in [7, 11) is 0. The third kappa shape index (κ3) is 2.53. The summed E-state index contributed by atoms with van der Waals surface area (Å²) < 4.78 is 10.9. The first-order chi connectivity index (χ1) is 7.29. The Balaban J connectivity index is 1.89. The first kappa shape index (κ1) is 10.6. The molecule has 3 nitrogen and oxygen atoms in total. The van der Waals surface area contributed by atoms with Crippen molar-refractivity contribution in [1.29, 1.82) is 0 Å². The van der Waals surface area contributed by atoms with Gasteiger partial charge in [0.25, 0.3) is 5.95 Å². The molecule has 1 aliphatic carbocycles. The van der Waals surface area contributed by atoms with E-state index in [0.717, 1.165) is 5.76 Å². The molecule has 84 valence electrons. The molecule has 1 aromatic heterocycles. The van der Waals surface area contributed by atoms with Gasteiger partial charge in [-0.2, -0.15) is 0 Å². The summed E-state index contributed by atoms with van der Waals surface area (Å²) in [6, 6.07) is 4.84. The minimum absolute atomic E-state index is 0.282. The van der Waals surface area contributed by atoms with Gasteiger partial charge < -0.3 is 14.5 Å². The number of rotatable bonds is 5. The average Bonchev–Trinajstić information content (AvgIpc) is 2.60. The van der Waals surface area contributed by atoms with E-state index in [-0.39, 0.29) is 6.04 Å². The van der Waals surface area contributed by atoms with Crippen molar-refractivity contribution in [3.8, 4) is 5.95 Å². The van der Waals surface area contributed by atoms with E-state index < -0.39 is 0 Å². The summed E-state index contributed by atoms with van der Waals surface area (Å²) in [5.74, 6) is 1.58. The van der Waals surface area contributed by atoms with E-state index in [1.807, 2.05) is 19.1 Å². The number of nitrogens with one attached hydrogen (secondary N) is 1. The molecule has 0 amide bonds. The predicted molar refractivity (Wildman–Crippen MR) is 59.1 cm³/mol. The van der Waals surface area contributed by atoms with E-state index in [1.165, 1.54) is 19.3 Å². The van der Waals surface area contributed by atoms with Crippen LogP contribution in [0.4, 0.5) is 0 Å². The van der Waals surface area contributed by atoms with Crippen LogP contribution in [0.5, 0.6) is 5.95 Å². The maximum atomic E-state index is 5.57. The minimum Gasteiger partial charge on any atom is -0.465 e. The highest BCUT2D eigenvalue weighted by Crippen LogP contribution is 2.25. The van der Waals surface area contributed by atoms with Crippen LogP contribution in [0.15, 0.2) is 16.5 Å². The molecular formula is C12H19NO2. The molecule has 1 heterocycles. The van der Waals surface area contributed by atoms with Crippen LogP contribution in [0, 0.1) is 0 Å². The molecule has 1 unspecified atom stereocenters. The Morgan fingerprint density at radius 2 is 2.33 bits per heavy atom. The first-order valence-electron chi connectivity index (χ1n) is 5.78. The van der Waals surface area contributed by atoms with Crippen LogP contribution >= 0.6 is 0 Å². The molecule has 0 bridgehead atoms. The fraction of sp³-hybridized carbons (Fsp3) is 0.667. The van der Waals surface area contributed by atoms with Crippen molar-refractivity contribution >= 4 is 0 Å². The van der Waals surface area contributed by atoms with Crippen LogP contribution < -0.4 is 10.1 Å². The lowest BCUT2D eigenvalue weighted by atomic mass is 9.92. The van der Waals surface area contributed by atoms with Crippen molar-refractivity contribution in [2.45, 2.75) is 45.2 Å². The maximum absolute atomic E-state index is 5.57. The van der Waals surface area contributed by atoms with Gasteiger partial charge in [-0.25, -0.2) is 0 Å². The second-order valence-corrected chi connectivity index (χ2v) is 4.11. The topological polar surface area (TPSA) is 34.4 Å². The highest BCUT2D eigenvalue weighted by Gasteiger charge is 2.21. The summed E-state index contributed by atoms with van der Waals surface area (Å²) in [6.45, 7) is 4.74. The fourth-order valence-corrected chi connectivity index (χ4v) is 1.80. The molecule has 15 heavy (non-hydrogen) atoms. The van der Waals surface area contributed by atoms with Gasteiger partial charge in [0, 0.05) is 12.1 Å². The lowest BCUT2D eigenvalue weighted by Crippen LogP contribution is -2.36. The lowest BCUT2D eigenvalue weighted by Gasteiger charge is -2.29. The number of furan rings is 1. The van der Waals surface area contributed by atoms with Gasteiger partial charge in [-0.1, -0.05) is 6.42 Å². The van der Waals surface area contributed by atoms with Gasteiger partial charge in [-0.3, -0.25) is 0 Å². The number of ether oxygens (including phenoxy) is 1. The molecule has 0 spiro atoms. The Morgan fingerprint density at radius 1 is 1.53 bits per heavy atom. The van der Waals surface area contributed by atoms with Crippen LogP contribution in [-0.2, 0) is 0 Å². The quantitative estimate of drug-likeness (QED) is 0.809. The zero-order valence-corrected chi connectivity index (χ0v) is 9.45. The van der Waals surface area contributed by atoms with Crippen molar-refractivity contribution in [3.05, 3.63) is 17.9 Å². The molecule has 1 aliphatic rings.